The Morgan fingerprint density at radius 1 is 1.29 bits per heavy atom. The van der Waals surface area contributed by atoms with Gasteiger partial charge >= 0.3 is 33.7 Å². The number of hydrogen-bond acceptors (Lipinski definition) is 2. The molecule has 0 aliphatic rings. The predicted octanol–water partition coefficient (Wildman–Crippen LogP) is 0.0986. The van der Waals surface area contributed by atoms with Gasteiger partial charge in [0.15, 0.2) is 0 Å². The quantitative estimate of drug-likeness (QED) is 0.576. The second-order valence-electron chi connectivity index (χ2n) is 0.283. The summed E-state index contributed by atoms with van der Waals surface area (Å²) in [6, 6.07) is 0. The van der Waals surface area contributed by atoms with Crippen LogP contribution in [0.3, 0.4) is 0 Å². The molecule has 0 atom stereocenters. The average Bonchev–Trinajstić information content (AvgIpc) is 1.41. The van der Waals surface area contributed by atoms with Crippen LogP contribution in [0.2, 0.25) is 0 Å². The van der Waals surface area contributed by atoms with Gasteiger partial charge in [-0.15, -0.1) is 0 Å². The van der Waals surface area contributed by atoms with E-state index in [4.69, 9.17) is 17.8 Å². The molecule has 0 aromatic carbocycles. The minimum absolute atomic E-state index is 0. The van der Waals surface area contributed by atoms with Crippen LogP contribution in [0.15, 0.2) is 0 Å². The Labute approximate surface area is 65.1 Å². The summed E-state index contributed by atoms with van der Waals surface area (Å²) in [5.41, 5.74) is 0. The molecule has 0 rings (SSSR count). The Balaban J connectivity index is -0.0000000480. The Morgan fingerprint density at radius 3 is 1.29 bits per heavy atom. The normalized spacial score (nSPS) is 3.86. The first-order valence-electron chi connectivity index (χ1n) is 0.855. The number of carboxylic acid groups (broad SMARTS) is 2. The van der Waals surface area contributed by atoms with E-state index < -0.39 is 6.16 Å². The first-order chi connectivity index (χ1) is 2.73. The summed E-state index contributed by atoms with van der Waals surface area (Å²) in [5, 5.41) is 13.9. The van der Waals surface area contributed by atoms with Gasteiger partial charge in [0.05, 0.1) is 0 Å². The standard InChI is InChI=1S/CH2O3.Ni.O.Zr/c2-1(3)4;;;/h(H2,2,3,4);;;. The molecule has 44 valence electrons. The molecule has 4 nitrogen and oxygen atoms in total. The number of hydrogen-bond donors (Lipinski definition) is 2. The first kappa shape index (κ1) is 15.7. The number of rotatable bonds is 0. The van der Waals surface area contributed by atoms with Crippen LogP contribution in [0.1, 0.15) is 0 Å². The van der Waals surface area contributed by atoms with Crippen molar-refractivity contribution in [3.8, 4) is 0 Å². The third-order valence-corrected chi connectivity index (χ3v) is 0. The Bertz CT molecular complexity index is 43.0. The van der Waals surface area contributed by atoms with E-state index in [9.17, 15) is 0 Å². The Kier molecular flexibility index (Phi) is 36.0. The van der Waals surface area contributed by atoms with Gasteiger partial charge in [0.2, 0.25) is 0 Å². The molecule has 0 radical (unpaired) electrons. The fourth-order valence-electron chi connectivity index (χ4n) is 0. The van der Waals surface area contributed by atoms with Crippen molar-refractivity contribution < 1.29 is 59.0 Å². The summed E-state index contributed by atoms with van der Waals surface area (Å²) in [5.74, 6) is 0. The molecule has 0 amide bonds. The van der Waals surface area contributed by atoms with Crippen LogP contribution in [0.4, 0.5) is 4.79 Å². The van der Waals surface area contributed by atoms with Gasteiger partial charge in [0.25, 0.3) is 0 Å². The molecule has 0 heterocycles. The fourth-order valence-corrected chi connectivity index (χ4v) is 0. The van der Waals surface area contributed by atoms with Gasteiger partial charge in [0.1, 0.15) is 0 Å². The Hall–Kier alpha value is 0.447. The summed E-state index contributed by atoms with van der Waals surface area (Å²) in [6.07, 6.45) is -1.83. The van der Waals surface area contributed by atoms with E-state index >= 15 is 0 Å². The van der Waals surface area contributed by atoms with Crippen molar-refractivity contribution in [1.82, 2.24) is 0 Å². The second-order valence-corrected chi connectivity index (χ2v) is 0.283. The van der Waals surface area contributed by atoms with Gasteiger partial charge in [0, 0.05) is 16.5 Å². The third-order valence-electron chi connectivity index (χ3n) is 0. The molecule has 2 N–H and O–H groups in total. The molecule has 0 saturated heterocycles. The predicted molar refractivity (Wildman–Crippen MR) is 11.3 cm³/mol. The van der Waals surface area contributed by atoms with E-state index in [1.807, 2.05) is 0 Å². The van der Waals surface area contributed by atoms with E-state index in [0.29, 0.717) is 24.7 Å². The number of carbonyl (C=O) groups is 1. The molecular formula is CH2NiO4Zr. The summed E-state index contributed by atoms with van der Waals surface area (Å²) in [4.78, 5) is 8.56. The van der Waals surface area contributed by atoms with Crippen molar-refractivity contribution in [2.75, 3.05) is 0 Å². The van der Waals surface area contributed by atoms with E-state index in [2.05, 4.69) is 0 Å². The van der Waals surface area contributed by atoms with Crippen LogP contribution in [0.5, 0.6) is 0 Å². The molecule has 0 bridgehead atoms. The molecule has 7 heavy (non-hydrogen) atoms. The minimum atomic E-state index is -1.83. The van der Waals surface area contributed by atoms with Crippen molar-refractivity contribution in [1.29, 1.82) is 0 Å². The topological polar surface area (TPSA) is 74.6 Å². The van der Waals surface area contributed by atoms with Crippen LogP contribution < -0.4 is 0 Å². The zero-order valence-corrected chi connectivity index (χ0v) is 6.47. The molecular weight excluding hydrogens is 226 g/mol. The van der Waals surface area contributed by atoms with E-state index in [1.54, 1.807) is 0 Å². The van der Waals surface area contributed by atoms with Crippen molar-refractivity contribution >= 4 is 6.16 Å². The monoisotopic (exact) mass is 226 g/mol. The molecule has 0 aliphatic carbocycles. The molecule has 0 fully saturated rings. The zero-order valence-electron chi connectivity index (χ0n) is 3.03. The van der Waals surface area contributed by atoms with Gasteiger partial charge in [-0.1, -0.05) is 0 Å². The van der Waals surface area contributed by atoms with E-state index in [0.717, 1.165) is 0 Å². The molecule has 0 saturated carbocycles. The van der Waals surface area contributed by atoms with Crippen molar-refractivity contribution in [3.63, 3.8) is 0 Å². The van der Waals surface area contributed by atoms with Crippen LogP contribution in [0, 0.1) is 0 Å². The SMILES string of the molecule is O=C(O)O.[Ni].[O]=[Zr]. The van der Waals surface area contributed by atoms with Crippen LogP contribution in [-0.4, -0.2) is 16.4 Å². The van der Waals surface area contributed by atoms with Gasteiger partial charge in [-0.05, 0) is 0 Å². The molecule has 0 spiro atoms. The maximum atomic E-state index is 8.56. The van der Waals surface area contributed by atoms with Gasteiger partial charge in [-0.3, -0.25) is 0 Å². The van der Waals surface area contributed by atoms with Crippen molar-refractivity contribution in [2.24, 2.45) is 0 Å². The van der Waals surface area contributed by atoms with Crippen molar-refractivity contribution in [3.05, 3.63) is 0 Å². The van der Waals surface area contributed by atoms with Crippen LogP contribution in [-0.2, 0) is 44.0 Å². The summed E-state index contributed by atoms with van der Waals surface area (Å²) in [6.45, 7) is 0. The van der Waals surface area contributed by atoms with E-state index in [1.165, 1.54) is 0 Å². The van der Waals surface area contributed by atoms with Crippen LogP contribution in [0.25, 0.3) is 0 Å². The fraction of sp³-hybridized carbons (Fsp3) is 0. The van der Waals surface area contributed by atoms with Gasteiger partial charge in [-0.25, -0.2) is 4.79 Å². The maximum absolute atomic E-state index is 8.56. The second kappa shape index (κ2) is 16.1. The summed E-state index contributed by atoms with van der Waals surface area (Å²) < 4.78 is 8.34. The van der Waals surface area contributed by atoms with Gasteiger partial charge in [-0.2, -0.15) is 0 Å². The molecule has 6 heteroatoms. The van der Waals surface area contributed by atoms with Crippen LogP contribution >= 0.6 is 0 Å². The first-order valence-corrected chi connectivity index (χ1v) is 1.86. The summed E-state index contributed by atoms with van der Waals surface area (Å²) in [7, 11) is 0. The molecule has 0 unspecified atom stereocenters. The van der Waals surface area contributed by atoms with E-state index in [-0.39, 0.29) is 16.5 Å². The third kappa shape index (κ3) is 639. The average molecular weight is 228 g/mol. The molecule has 0 aromatic rings. The molecule has 0 aliphatic heterocycles. The Morgan fingerprint density at radius 2 is 1.29 bits per heavy atom. The zero-order chi connectivity index (χ0) is 5.58. The van der Waals surface area contributed by atoms with Crippen molar-refractivity contribution in [2.45, 2.75) is 0 Å². The molecule has 0 aromatic heterocycles. The summed E-state index contributed by atoms with van der Waals surface area (Å²) >= 11 is 0.300. The van der Waals surface area contributed by atoms with Gasteiger partial charge < -0.3 is 10.2 Å².